The molecular formula is C19H30N2. The summed E-state index contributed by atoms with van der Waals surface area (Å²) >= 11 is 0. The van der Waals surface area contributed by atoms with E-state index >= 15 is 0 Å². The maximum atomic E-state index is 3.63. The molecule has 0 radical (unpaired) electrons. The van der Waals surface area contributed by atoms with E-state index in [1.54, 1.807) is 5.56 Å². The number of piperidine rings is 1. The Bertz CT molecular complexity index is 470. The molecule has 116 valence electrons. The van der Waals surface area contributed by atoms with Gasteiger partial charge in [-0.3, -0.25) is 4.90 Å². The molecule has 1 aliphatic heterocycles. The Kier molecular flexibility index (Phi) is 4.66. The number of hydrogen-bond acceptors (Lipinski definition) is 2. The normalized spacial score (nSPS) is 33.7. The molecule has 1 N–H and O–H groups in total. The zero-order chi connectivity index (χ0) is 14.8. The Morgan fingerprint density at radius 1 is 1.19 bits per heavy atom. The van der Waals surface area contributed by atoms with Crippen LogP contribution in [0, 0.1) is 0 Å². The second-order valence-corrected chi connectivity index (χ2v) is 6.90. The predicted molar refractivity (Wildman–Crippen MR) is 89.7 cm³/mol. The molecule has 3 rings (SSSR count). The van der Waals surface area contributed by atoms with Gasteiger partial charge in [0, 0.05) is 18.1 Å². The number of fused-ring (bicyclic) bond motifs is 1. The predicted octanol–water partition coefficient (Wildman–Crippen LogP) is 4.09. The molecule has 1 saturated heterocycles. The number of likely N-dealkylation sites (N-methyl/N-ethyl adjacent to an activating group) is 1. The highest BCUT2D eigenvalue weighted by molar-refractivity contribution is 5.36. The van der Waals surface area contributed by atoms with Gasteiger partial charge in [0.2, 0.25) is 0 Å². The van der Waals surface area contributed by atoms with Crippen molar-refractivity contribution >= 4 is 0 Å². The lowest BCUT2D eigenvalue weighted by molar-refractivity contribution is 0.0574. The lowest BCUT2D eigenvalue weighted by Crippen LogP contribution is -2.52. The Balaban J connectivity index is 1.92. The molecule has 4 atom stereocenters. The van der Waals surface area contributed by atoms with Crippen molar-refractivity contribution in [3.8, 4) is 0 Å². The van der Waals surface area contributed by atoms with Crippen LogP contribution in [-0.4, -0.2) is 30.6 Å². The highest BCUT2D eigenvalue weighted by atomic mass is 15.2. The average Bonchev–Trinajstić information content (AvgIpc) is 2.55. The summed E-state index contributed by atoms with van der Waals surface area (Å²) in [4.78, 5) is 2.83. The Morgan fingerprint density at radius 2 is 1.95 bits per heavy atom. The molecule has 21 heavy (non-hydrogen) atoms. The third-order valence-electron chi connectivity index (χ3n) is 5.72. The van der Waals surface area contributed by atoms with Gasteiger partial charge < -0.3 is 5.32 Å². The van der Waals surface area contributed by atoms with Crippen molar-refractivity contribution in [2.24, 2.45) is 0 Å². The minimum atomic E-state index is 0.490. The van der Waals surface area contributed by atoms with Crippen molar-refractivity contribution in [2.45, 2.75) is 70.0 Å². The summed E-state index contributed by atoms with van der Waals surface area (Å²) < 4.78 is 0. The van der Waals surface area contributed by atoms with Crippen LogP contribution in [0.25, 0.3) is 0 Å². The zero-order valence-corrected chi connectivity index (χ0v) is 13.8. The summed E-state index contributed by atoms with van der Waals surface area (Å²) in [6, 6.07) is 11.0. The molecular weight excluding hydrogens is 256 g/mol. The summed E-state index contributed by atoms with van der Waals surface area (Å²) in [5.41, 5.74) is 3.09. The average molecular weight is 286 g/mol. The van der Waals surface area contributed by atoms with E-state index in [1.807, 2.05) is 0 Å². The maximum absolute atomic E-state index is 3.63. The first-order valence-corrected chi connectivity index (χ1v) is 8.78. The number of hydrogen-bond donors (Lipinski definition) is 1. The first kappa shape index (κ1) is 15.1. The summed E-state index contributed by atoms with van der Waals surface area (Å²) in [5.74, 6) is 0.676. The van der Waals surface area contributed by atoms with Crippen molar-refractivity contribution in [1.82, 2.24) is 10.2 Å². The van der Waals surface area contributed by atoms with Crippen LogP contribution in [0.3, 0.4) is 0 Å². The molecule has 0 amide bonds. The Hall–Kier alpha value is -0.860. The molecule has 2 aliphatic rings. The molecule has 0 bridgehead atoms. The number of rotatable bonds is 3. The fourth-order valence-corrected chi connectivity index (χ4v) is 4.65. The Labute approximate surface area is 129 Å². The molecule has 2 heteroatoms. The van der Waals surface area contributed by atoms with E-state index in [-0.39, 0.29) is 0 Å². The van der Waals surface area contributed by atoms with E-state index in [9.17, 15) is 0 Å². The first-order chi connectivity index (χ1) is 10.3. The third-order valence-corrected chi connectivity index (χ3v) is 5.72. The standard InChI is InChI=1S/C19H30N2/c1-4-15-9-7-8-12-21(15)18-13-14(2)16-10-5-6-11-17(16)19(18)20-3/h5-6,10-11,14-15,18-20H,4,7-9,12-13H2,1-3H3. The van der Waals surface area contributed by atoms with Gasteiger partial charge in [-0.15, -0.1) is 0 Å². The summed E-state index contributed by atoms with van der Waals surface area (Å²) in [6.07, 6.45) is 6.76. The molecule has 1 aromatic rings. The maximum Gasteiger partial charge on any atom is 0.0478 e. The Morgan fingerprint density at radius 3 is 2.67 bits per heavy atom. The first-order valence-electron chi connectivity index (χ1n) is 8.78. The van der Waals surface area contributed by atoms with Gasteiger partial charge in [0.1, 0.15) is 0 Å². The van der Waals surface area contributed by atoms with Gasteiger partial charge in [0.05, 0.1) is 0 Å². The molecule has 0 spiro atoms. The molecule has 1 heterocycles. The molecule has 4 unspecified atom stereocenters. The number of nitrogens with zero attached hydrogens (tertiary/aromatic N) is 1. The fourth-order valence-electron chi connectivity index (χ4n) is 4.65. The SMILES string of the molecule is CCC1CCCCN1C1CC(C)c2ccccc2C1NC. The van der Waals surface area contributed by atoms with Crippen LogP contribution in [0.15, 0.2) is 24.3 Å². The zero-order valence-electron chi connectivity index (χ0n) is 13.8. The lowest BCUT2D eigenvalue weighted by atomic mass is 9.76. The highest BCUT2D eigenvalue weighted by Crippen LogP contribution is 2.41. The summed E-state index contributed by atoms with van der Waals surface area (Å²) in [7, 11) is 2.13. The fraction of sp³-hybridized carbons (Fsp3) is 0.684. The van der Waals surface area contributed by atoms with E-state index in [4.69, 9.17) is 0 Å². The van der Waals surface area contributed by atoms with Crippen LogP contribution in [-0.2, 0) is 0 Å². The lowest BCUT2D eigenvalue weighted by Gasteiger charge is -2.48. The van der Waals surface area contributed by atoms with Crippen LogP contribution in [0.5, 0.6) is 0 Å². The molecule has 1 fully saturated rings. The van der Waals surface area contributed by atoms with Gasteiger partial charge in [-0.25, -0.2) is 0 Å². The molecule has 1 aromatic carbocycles. The van der Waals surface area contributed by atoms with E-state index in [0.717, 1.165) is 6.04 Å². The molecule has 2 nitrogen and oxygen atoms in total. The van der Waals surface area contributed by atoms with Gasteiger partial charge in [-0.1, -0.05) is 44.5 Å². The topological polar surface area (TPSA) is 15.3 Å². The number of benzene rings is 1. The van der Waals surface area contributed by atoms with Crippen LogP contribution < -0.4 is 5.32 Å². The van der Waals surface area contributed by atoms with Crippen LogP contribution in [0.2, 0.25) is 0 Å². The quantitative estimate of drug-likeness (QED) is 0.900. The minimum absolute atomic E-state index is 0.490. The van der Waals surface area contributed by atoms with Crippen LogP contribution >= 0.6 is 0 Å². The van der Waals surface area contributed by atoms with E-state index < -0.39 is 0 Å². The second kappa shape index (κ2) is 6.50. The van der Waals surface area contributed by atoms with Gasteiger partial charge in [0.25, 0.3) is 0 Å². The van der Waals surface area contributed by atoms with Gasteiger partial charge in [-0.2, -0.15) is 0 Å². The minimum Gasteiger partial charge on any atom is -0.312 e. The van der Waals surface area contributed by atoms with Gasteiger partial charge in [0.15, 0.2) is 0 Å². The van der Waals surface area contributed by atoms with E-state index in [0.29, 0.717) is 18.0 Å². The van der Waals surface area contributed by atoms with Crippen LogP contribution in [0.1, 0.15) is 69.0 Å². The van der Waals surface area contributed by atoms with Crippen molar-refractivity contribution < 1.29 is 0 Å². The van der Waals surface area contributed by atoms with E-state index in [2.05, 4.69) is 55.4 Å². The summed E-state index contributed by atoms with van der Waals surface area (Å²) in [6.45, 7) is 6.05. The van der Waals surface area contributed by atoms with Crippen molar-refractivity contribution in [2.75, 3.05) is 13.6 Å². The largest absolute Gasteiger partial charge is 0.312 e. The second-order valence-electron chi connectivity index (χ2n) is 6.90. The van der Waals surface area contributed by atoms with Crippen molar-refractivity contribution in [3.63, 3.8) is 0 Å². The van der Waals surface area contributed by atoms with Crippen molar-refractivity contribution in [1.29, 1.82) is 0 Å². The molecule has 1 aliphatic carbocycles. The third kappa shape index (κ3) is 2.76. The van der Waals surface area contributed by atoms with E-state index in [1.165, 1.54) is 44.2 Å². The van der Waals surface area contributed by atoms with Crippen LogP contribution in [0.4, 0.5) is 0 Å². The monoisotopic (exact) mass is 286 g/mol. The number of likely N-dealkylation sites (tertiary alicyclic amines) is 1. The van der Waals surface area contributed by atoms with Crippen molar-refractivity contribution in [3.05, 3.63) is 35.4 Å². The van der Waals surface area contributed by atoms with Gasteiger partial charge in [-0.05, 0) is 56.3 Å². The summed E-state index contributed by atoms with van der Waals surface area (Å²) in [5, 5.41) is 3.63. The molecule has 0 saturated carbocycles. The smallest absolute Gasteiger partial charge is 0.0478 e. The highest BCUT2D eigenvalue weighted by Gasteiger charge is 2.38. The molecule has 0 aromatic heterocycles. The van der Waals surface area contributed by atoms with Gasteiger partial charge >= 0.3 is 0 Å². The number of nitrogens with one attached hydrogen (secondary N) is 1.